The summed E-state index contributed by atoms with van der Waals surface area (Å²) in [5.41, 5.74) is 2.94. The molecule has 0 aliphatic carbocycles. The summed E-state index contributed by atoms with van der Waals surface area (Å²) in [4.78, 5) is 27.7. The molecule has 0 aromatic heterocycles. The number of hydrogen-bond acceptors (Lipinski definition) is 9. The van der Waals surface area contributed by atoms with Crippen LogP contribution >= 0.6 is 0 Å². The Morgan fingerprint density at radius 3 is 2.18 bits per heavy atom. The van der Waals surface area contributed by atoms with Gasteiger partial charge in [0.05, 0.1) is 6.61 Å². The van der Waals surface area contributed by atoms with Crippen LogP contribution in [-0.4, -0.2) is 80.2 Å². The minimum Gasteiger partial charge on any atom is -0.487 e. The van der Waals surface area contributed by atoms with Crippen molar-refractivity contribution in [1.82, 2.24) is 4.90 Å². The number of aliphatic hydroxyl groups is 4. The molecule has 0 radical (unpaired) electrons. The van der Waals surface area contributed by atoms with E-state index in [0.29, 0.717) is 22.6 Å². The topological polar surface area (TPSA) is 146 Å². The lowest BCUT2D eigenvalue weighted by atomic mass is 9.83. The quantitative estimate of drug-likeness (QED) is 0.122. The predicted molar refractivity (Wildman–Crippen MR) is 199 cm³/mol. The molecule has 1 unspecified atom stereocenters. The largest absolute Gasteiger partial charge is 0.487 e. The first kappa shape index (κ1) is 43.2. The van der Waals surface area contributed by atoms with Crippen LogP contribution in [0.2, 0.25) is 0 Å². The highest BCUT2D eigenvalue weighted by Gasteiger charge is 2.50. The third-order valence-electron chi connectivity index (χ3n) is 11.5. The van der Waals surface area contributed by atoms with Crippen molar-refractivity contribution in [3.63, 3.8) is 0 Å². The molecule has 51 heavy (non-hydrogen) atoms. The zero-order valence-electron chi connectivity index (χ0n) is 33.0. The van der Waals surface area contributed by atoms with Gasteiger partial charge in [0.15, 0.2) is 6.29 Å². The molecular weight excluding hydrogens is 650 g/mol. The molecule has 2 aliphatic rings. The summed E-state index contributed by atoms with van der Waals surface area (Å²) in [5, 5.41) is 41.5. The van der Waals surface area contributed by atoms with E-state index in [-0.39, 0.29) is 12.0 Å². The summed E-state index contributed by atoms with van der Waals surface area (Å²) in [6, 6.07) is -1.63. The van der Waals surface area contributed by atoms with E-state index >= 15 is 0 Å². The number of aliphatic hydroxyl groups excluding tert-OH is 4. The zero-order valence-corrected chi connectivity index (χ0v) is 33.0. The van der Waals surface area contributed by atoms with Gasteiger partial charge in [0.1, 0.15) is 41.5 Å². The van der Waals surface area contributed by atoms with Crippen LogP contribution in [0.1, 0.15) is 147 Å². The Hall–Kier alpha value is -2.24. The normalized spacial score (nSPS) is 26.0. The number of nitrogens with zero attached hydrogens (tertiary/aromatic N) is 1. The van der Waals surface area contributed by atoms with Crippen molar-refractivity contribution in [2.24, 2.45) is 17.8 Å². The number of rotatable bonds is 18. The number of fused-ring (bicyclic) bond motifs is 1. The van der Waals surface area contributed by atoms with Crippen molar-refractivity contribution in [3.05, 3.63) is 22.3 Å². The van der Waals surface area contributed by atoms with Gasteiger partial charge in [-0.05, 0) is 94.2 Å². The number of imide groups is 1. The molecule has 2 heterocycles. The van der Waals surface area contributed by atoms with Crippen LogP contribution in [0.5, 0.6) is 11.5 Å². The standard InChI is InChI=1S/C41H69NO9/c1-10-15-33(44)42(34-36(46)35(45)32(24-43)49-39(34)47)40(48)50-37-27(6)28(7)38-31(29(37)8)21-23-41(9,51-38)22-14-20-30(11-2)19-13-18-26(5)17-12-16-25(3)4/h25-26,30,32,34-36,39,43,45-47H,10-24H2,1-9H3/t26-,30-,32-,34-,35-,36-,39?,41-/m1/s1. The minimum absolute atomic E-state index is 0.0606. The Bertz CT molecular complexity index is 1280. The molecule has 1 aromatic carbocycles. The Kier molecular flexibility index (Phi) is 16.7. The maximum atomic E-state index is 13.8. The molecule has 10 nitrogen and oxygen atoms in total. The van der Waals surface area contributed by atoms with Gasteiger partial charge in [-0.1, -0.05) is 86.0 Å². The van der Waals surface area contributed by atoms with Gasteiger partial charge < -0.3 is 34.6 Å². The highest BCUT2D eigenvalue weighted by Crippen LogP contribution is 2.45. The molecule has 0 bridgehead atoms. The third kappa shape index (κ3) is 11.1. The maximum absolute atomic E-state index is 13.8. The van der Waals surface area contributed by atoms with E-state index in [2.05, 4.69) is 34.6 Å². The van der Waals surface area contributed by atoms with E-state index in [9.17, 15) is 30.0 Å². The molecule has 4 N–H and O–H groups in total. The summed E-state index contributed by atoms with van der Waals surface area (Å²) in [6.07, 6.45) is 6.71. The van der Waals surface area contributed by atoms with Gasteiger partial charge >= 0.3 is 6.09 Å². The lowest BCUT2D eigenvalue weighted by molar-refractivity contribution is -0.266. The predicted octanol–water partition coefficient (Wildman–Crippen LogP) is 7.45. The Labute approximate surface area is 307 Å². The van der Waals surface area contributed by atoms with E-state index in [1.807, 2.05) is 20.8 Å². The Morgan fingerprint density at radius 1 is 0.922 bits per heavy atom. The Morgan fingerprint density at radius 2 is 1.57 bits per heavy atom. The van der Waals surface area contributed by atoms with Crippen molar-refractivity contribution < 1.29 is 44.2 Å². The van der Waals surface area contributed by atoms with Crippen LogP contribution in [0.4, 0.5) is 4.79 Å². The van der Waals surface area contributed by atoms with Crippen molar-refractivity contribution >= 4 is 12.0 Å². The van der Waals surface area contributed by atoms with Crippen molar-refractivity contribution in [3.8, 4) is 11.5 Å². The van der Waals surface area contributed by atoms with E-state index < -0.39 is 49.3 Å². The van der Waals surface area contributed by atoms with Crippen LogP contribution in [-0.2, 0) is 16.0 Å². The smallest absolute Gasteiger partial charge is 0.422 e. The number of carbonyl (C=O) groups excluding carboxylic acids is 2. The molecule has 1 fully saturated rings. The van der Waals surface area contributed by atoms with Gasteiger partial charge in [-0.25, -0.2) is 9.69 Å². The van der Waals surface area contributed by atoms with Crippen molar-refractivity contribution in [2.45, 2.75) is 188 Å². The van der Waals surface area contributed by atoms with Gasteiger partial charge in [-0.15, -0.1) is 0 Å². The number of amides is 2. The number of benzene rings is 1. The average molecular weight is 720 g/mol. The van der Waals surface area contributed by atoms with E-state index in [4.69, 9.17) is 14.2 Å². The van der Waals surface area contributed by atoms with Crippen LogP contribution in [0, 0.1) is 38.5 Å². The summed E-state index contributed by atoms with van der Waals surface area (Å²) in [5.74, 6) is 2.76. The lowest BCUT2D eigenvalue weighted by Gasteiger charge is -2.43. The van der Waals surface area contributed by atoms with Gasteiger partial charge in [0.25, 0.3) is 0 Å². The first-order valence-electron chi connectivity index (χ1n) is 19.7. The fourth-order valence-electron chi connectivity index (χ4n) is 7.92. The van der Waals surface area contributed by atoms with Crippen LogP contribution in [0.25, 0.3) is 0 Å². The number of carbonyl (C=O) groups is 2. The molecule has 1 saturated heterocycles. The molecule has 292 valence electrons. The second kappa shape index (κ2) is 19.7. The van der Waals surface area contributed by atoms with Gasteiger partial charge in [-0.2, -0.15) is 0 Å². The van der Waals surface area contributed by atoms with E-state index in [0.717, 1.165) is 65.9 Å². The molecule has 2 aliphatic heterocycles. The second-order valence-corrected chi connectivity index (χ2v) is 16.2. The Balaban J connectivity index is 1.69. The average Bonchev–Trinajstić information content (AvgIpc) is 3.08. The number of hydrogen-bond donors (Lipinski definition) is 4. The van der Waals surface area contributed by atoms with Crippen molar-refractivity contribution in [1.29, 1.82) is 0 Å². The highest BCUT2D eigenvalue weighted by atomic mass is 16.6. The SMILES string of the molecule is CCCC(=O)N(C(=O)Oc1c(C)c(C)c2c(c1C)CC[C@@](C)(CCC[C@H](CC)CCC[C@H](C)CCCC(C)C)O2)[C@H]1C(O)O[C@H](CO)[C@@H](O)[C@@H]1O. The third-order valence-corrected chi connectivity index (χ3v) is 11.5. The van der Waals surface area contributed by atoms with Crippen LogP contribution in [0.3, 0.4) is 0 Å². The van der Waals surface area contributed by atoms with E-state index in [1.54, 1.807) is 6.92 Å². The van der Waals surface area contributed by atoms with Crippen LogP contribution < -0.4 is 9.47 Å². The van der Waals surface area contributed by atoms with Gasteiger partial charge in [0.2, 0.25) is 5.91 Å². The van der Waals surface area contributed by atoms with E-state index in [1.165, 1.54) is 51.4 Å². The molecule has 10 heteroatoms. The minimum atomic E-state index is -1.84. The summed E-state index contributed by atoms with van der Waals surface area (Å²) >= 11 is 0. The molecule has 0 saturated carbocycles. The first-order valence-corrected chi connectivity index (χ1v) is 19.7. The zero-order chi connectivity index (χ0) is 38.0. The summed E-state index contributed by atoms with van der Waals surface area (Å²) in [6.45, 7) is 18.3. The van der Waals surface area contributed by atoms with Gasteiger partial charge in [0, 0.05) is 12.0 Å². The van der Waals surface area contributed by atoms with Gasteiger partial charge in [-0.3, -0.25) is 4.79 Å². The lowest BCUT2D eigenvalue weighted by Crippen LogP contribution is -2.66. The first-order chi connectivity index (χ1) is 24.1. The molecule has 1 aromatic rings. The molecule has 8 atom stereocenters. The second-order valence-electron chi connectivity index (χ2n) is 16.2. The molecular formula is C41H69NO9. The monoisotopic (exact) mass is 719 g/mol. The number of ether oxygens (including phenoxy) is 3. The molecule has 2 amide bonds. The van der Waals surface area contributed by atoms with Crippen molar-refractivity contribution in [2.75, 3.05) is 6.61 Å². The summed E-state index contributed by atoms with van der Waals surface area (Å²) < 4.78 is 18.0. The fraction of sp³-hybridized carbons (Fsp3) is 0.805. The highest BCUT2D eigenvalue weighted by molar-refractivity contribution is 5.93. The van der Waals surface area contributed by atoms with Crippen LogP contribution in [0.15, 0.2) is 0 Å². The summed E-state index contributed by atoms with van der Waals surface area (Å²) in [7, 11) is 0. The molecule has 0 spiro atoms. The molecule has 3 rings (SSSR count). The maximum Gasteiger partial charge on any atom is 0.422 e. The fourth-order valence-corrected chi connectivity index (χ4v) is 7.92.